The van der Waals surface area contributed by atoms with Crippen LogP contribution in [0.2, 0.25) is 0 Å². The van der Waals surface area contributed by atoms with Crippen LogP contribution in [0, 0.1) is 6.92 Å². The first-order valence-electron chi connectivity index (χ1n) is 4.97. The Labute approximate surface area is 88.7 Å². The largest absolute Gasteiger partial charge is 0.329 e. The van der Waals surface area contributed by atoms with Gasteiger partial charge < -0.3 is 5.73 Å². The minimum Gasteiger partial charge on any atom is -0.329 e. The van der Waals surface area contributed by atoms with E-state index in [9.17, 15) is 0 Å². The molecular weight excluding hydrogens is 188 g/mol. The fourth-order valence-electron chi connectivity index (χ4n) is 1.40. The molecule has 0 saturated heterocycles. The van der Waals surface area contributed by atoms with Gasteiger partial charge in [0.1, 0.15) is 5.69 Å². The van der Waals surface area contributed by atoms with Crippen LogP contribution in [0.4, 0.5) is 0 Å². The fraction of sp³-hybridized carbons (Fsp3) is 0.273. The van der Waals surface area contributed by atoms with E-state index in [1.54, 1.807) is 4.68 Å². The third-order valence-corrected chi connectivity index (χ3v) is 2.24. The highest BCUT2D eigenvalue weighted by Crippen LogP contribution is 2.16. The molecule has 0 fully saturated rings. The lowest BCUT2D eigenvalue weighted by Crippen LogP contribution is -2.10. The van der Waals surface area contributed by atoms with Crippen molar-refractivity contribution in [3.63, 3.8) is 0 Å². The third kappa shape index (κ3) is 2.22. The summed E-state index contributed by atoms with van der Waals surface area (Å²) in [5, 5.41) is 8.08. The van der Waals surface area contributed by atoms with Crippen LogP contribution in [0.3, 0.4) is 0 Å². The Hall–Kier alpha value is -1.68. The molecule has 4 nitrogen and oxygen atoms in total. The van der Waals surface area contributed by atoms with Gasteiger partial charge >= 0.3 is 0 Å². The molecule has 0 spiro atoms. The topological polar surface area (TPSA) is 56.7 Å². The molecule has 0 aliphatic rings. The fourth-order valence-corrected chi connectivity index (χ4v) is 1.40. The van der Waals surface area contributed by atoms with E-state index < -0.39 is 0 Å². The van der Waals surface area contributed by atoms with E-state index in [-0.39, 0.29) is 0 Å². The predicted octanol–water partition coefficient (Wildman–Crippen LogP) is 1.21. The van der Waals surface area contributed by atoms with E-state index in [4.69, 9.17) is 5.73 Å². The summed E-state index contributed by atoms with van der Waals surface area (Å²) in [5.41, 5.74) is 8.66. The summed E-state index contributed by atoms with van der Waals surface area (Å²) in [7, 11) is 0. The Kier molecular flexibility index (Phi) is 2.78. The summed E-state index contributed by atoms with van der Waals surface area (Å²) < 4.78 is 1.76. The quantitative estimate of drug-likeness (QED) is 0.814. The molecule has 1 aromatic carbocycles. The molecule has 4 heteroatoms. The van der Waals surface area contributed by atoms with E-state index in [0.717, 1.165) is 11.3 Å². The van der Waals surface area contributed by atoms with Gasteiger partial charge in [-0.2, -0.15) is 0 Å². The van der Waals surface area contributed by atoms with E-state index in [0.29, 0.717) is 13.1 Å². The van der Waals surface area contributed by atoms with Gasteiger partial charge in [0.2, 0.25) is 0 Å². The molecule has 2 aromatic rings. The minimum absolute atomic E-state index is 0.580. The summed E-state index contributed by atoms with van der Waals surface area (Å²) in [6, 6.07) is 8.23. The smallest absolute Gasteiger partial charge is 0.113 e. The van der Waals surface area contributed by atoms with Crippen LogP contribution in [0.15, 0.2) is 30.5 Å². The lowest BCUT2D eigenvalue weighted by Gasteiger charge is -1.96. The van der Waals surface area contributed by atoms with E-state index in [1.165, 1.54) is 5.56 Å². The summed E-state index contributed by atoms with van der Waals surface area (Å²) in [4.78, 5) is 0. The van der Waals surface area contributed by atoms with Crippen LogP contribution in [-0.2, 0) is 6.54 Å². The van der Waals surface area contributed by atoms with Crippen molar-refractivity contribution in [2.45, 2.75) is 13.5 Å². The molecule has 1 aromatic heterocycles. The van der Waals surface area contributed by atoms with Gasteiger partial charge in [-0.05, 0) is 6.92 Å². The second kappa shape index (κ2) is 4.23. The Balaban J connectivity index is 2.25. The lowest BCUT2D eigenvalue weighted by molar-refractivity contribution is 0.598. The number of nitrogens with two attached hydrogens (primary N) is 1. The molecule has 0 amide bonds. The van der Waals surface area contributed by atoms with Gasteiger partial charge in [0.25, 0.3) is 0 Å². The van der Waals surface area contributed by atoms with Crippen LogP contribution < -0.4 is 5.73 Å². The number of hydrogen-bond donors (Lipinski definition) is 1. The molecule has 0 radical (unpaired) electrons. The highest BCUT2D eigenvalue weighted by molar-refractivity contribution is 5.57. The Bertz CT molecular complexity index is 430. The molecule has 78 valence electrons. The van der Waals surface area contributed by atoms with E-state index in [2.05, 4.69) is 29.4 Å². The highest BCUT2D eigenvalue weighted by Gasteiger charge is 2.02. The molecule has 0 atom stereocenters. The molecule has 2 N–H and O–H groups in total. The van der Waals surface area contributed by atoms with Crippen LogP contribution in [0.5, 0.6) is 0 Å². The standard InChI is InChI=1S/C11H14N4/c1-9-2-4-10(5-3-9)11-8-15(7-6-12)14-13-11/h2-5,8H,6-7,12H2,1H3. The first kappa shape index (κ1) is 9.86. The lowest BCUT2D eigenvalue weighted by atomic mass is 10.1. The van der Waals surface area contributed by atoms with Crippen molar-refractivity contribution in [1.29, 1.82) is 0 Å². The number of aryl methyl sites for hydroxylation is 1. The first-order valence-corrected chi connectivity index (χ1v) is 4.97. The Morgan fingerprint density at radius 3 is 2.67 bits per heavy atom. The summed E-state index contributed by atoms with van der Waals surface area (Å²) >= 11 is 0. The van der Waals surface area contributed by atoms with Crippen molar-refractivity contribution in [1.82, 2.24) is 15.0 Å². The number of benzene rings is 1. The molecular formula is C11H14N4. The normalized spacial score (nSPS) is 10.5. The predicted molar refractivity (Wildman–Crippen MR) is 59.2 cm³/mol. The average Bonchev–Trinajstić information content (AvgIpc) is 2.68. The van der Waals surface area contributed by atoms with Crippen molar-refractivity contribution in [2.24, 2.45) is 5.73 Å². The van der Waals surface area contributed by atoms with Crippen molar-refractivity contribution in [3.05, 3.63) is 36.0 Å². The van der Waals surface area contributed by atoms with Crippen LogP contribution in [0.25, 0.3) is 11.3 Å². The van der Waals surface area contributed by atoms with Crippen molar-refractivity contribution in [2.75, 3.05) is 6.54 Å². The minimum atomic E-state index is 0.580. The maximum atomic E-state index is 5.44. The summed E-state index contributed by atoms with van der Waals surface area (Å²) in [6.45, 7) is 3.35. The SMILES string of the molecule is Cc1ccc(-c2cn(CCN)nn2)cc1. The van der Waals surface area contributed by atoms with Gasteiger partial charge in [0.15, 0.2) is 0 Å². The zero-order valence-corrected chi connectivity index (χ0v) is 8.72. The second-order valence-corrected chi connectivity index (χ2v) is 3.52. The molecule has 0 saturated carbocycles. The average molecular weight is 202 g/mol. The van der Waals surface area contributed by atoms with Gasteiger partial charge in [-0.1, -0.05) is 35.0 Å². The van der Waals surface area contributed by atoms with Crippen LogP contribution in [-0.4, -0.2) is 21.5 Å². The summed E-state index contributed by atoms with van der Waals surface area (Å²) in [6.07, 6.45) is 1.91. The molecule has 0 unspecified atom stereocenters. The zero-order valence-electron chi connectivity index (χ0n) is 8.72. The molecule has 0 aliphatic heterocycles. The van der Waals surface area contributed by atoms with Crippen molar-refractivity contribution in [3.8, 4) is 11.3 Å². The zero-order chi connectivity index (χ0) is 10.7. The number of rotatable bonds is 3. The molecule has 2 rings (SSSR count). The van der Waals surface area contributed by atoms with Gasteiger partial charge in [-0.3, -0.25) is 4.68 Å². The van der Waals surface area contributed by atoms with Crippen LogP contribution in [0.1, 0.15) is 5.56 Å². The first-order chi connectivity index (χ1) is 7.29. The van der Waals surface area contributed by atoms with Gasteiger partial charge in [0, 0.05) is 12.1 Å². The van der Waals surface area contributed by atoms with Crippen molar-refractivity contribution >= 4 is 0 Å². The maximum Gasteiger partial charge on any atom is 0.113 e. The van der Waals surface area contributed by atoms with Gasteiger partial charge in [-0.15, -0.1) is 5.10 Å². The number of aromatic nitrogens is 3. The van der Waals surface area contributed by atoms with Gasteiger partial charge in [-0.25, -0.2) is 0 Å². The molecule has 15 heavy (non-hydrogen) atoms. The highest BCUT2D eigenvalue weighted by atomic mass is 15.4. The maximum absolute atomic E-state index is 5.44. The van der Waals surface area contributed by atoms with Crippen LogP contribution >= 0.6 is 0 Å². The van der Waals surface area contributed by atoms with E-state index >= 15 is 0 Å². The third-order valence-electron chi connectivity index (χ3n) is 2.24. The Morgan fingerprint density at radius 1 is 1.27 bits per heavy atom. The monoisotopic (exact) mass is 202 g/mol. The molecule has 0 bridgehead atoms. The second-order valence-electron chi connectivity index (χ2n) is 3.52. The van der Waals surface area contributed by atoms with E-state index in [1.807, 2.05) is 18.3 Å². The van der Waals surface area contributed by atoms with Crippen molar-refractivity contribution < 1.29 is 0 Å². The summed E-state index contributed by atoms with van der Waals surface area (Å²) in [5.74, 6) is 0. The number of nitrogens with zero attached hydrogens (tertiary/aromatic N) is 3. The molecule has 1 heterocycles. The van der Waals surface area contributed by atoms with Gasteiger partial charge in [0.05, 0.1) is 12.7 Å². The Morgan fingerprint density at radius 2 is 2.00 bits per heavy atom. The molecule has 0 aliphatic carbocycles. The number of hydrogen-bond acceptors (Lipinski definition) is 3.